The van der Waals surface area contributed by atoms with Gasteiger partial charge < -0.3 is 5.73 Å². The molecule has 0 aliphatic rings. The van der Waals surface area contributed by atoms with Crippen molar-refractivity contribution in [1.29, 1.82) is 0 Å². The Labute approximate surface area is 85.4 Å². The Hall–Kier alpha value is -1.67. The molecule has 1 aromatic rings. The SMILES string of the molecule is Cc1cc(N)c(S(=O)(=O)O)cc1[N+](=O)[O-]. The van der Waals surface area contributed by atoms with Crippen molar-refractivity contribution in [2.75, 3.05) is 5.73 Å². The van der Waals surface area contributed by atoms with E-state index in [1.807, 2.05) is 0 Å². The second-order valence-corrected chi connectivity index (χ2v) is 4.30. The molecule has 1 aromatic carbocycles. The van der Waals surface area contributed by atoms with Crippen molar-refractivity contribution in [3.05, 3.63) is 27.8 Å². The summed E-state index contributed by atoms with van der Waals surface area (Å²) in [4.78, 5) is 9.10. The monoisotopic (exact) mass is 232 g/mol. The lowest BCUT2D eigenvalue weighted by Gasteiger charge is -2.04. The van der Waals surface area contributed by atoms with E-state index in [1.165, 1.54) is 6.92 Å². The maximum Gasteiger partial charge on any atom is 0.296 e. The minimum atomic E-state index is -4.54. The quantitative estimate of drug-likeness (QED) is 0.335. The molecular weight excluding hydrogens is 224 g/mol. The third-order valence-electron chi connectivity index (χ3n) is 1.80. The highest BCUT2D eigenvalue weighted by atomic mass is 32.2. The summed E-state index contributed by atoms with van der Waals surface area (Å²) in [6.45, 7) is 1.42. The van der Waals surface area contributed by atoms with Gasteiger partial charge in [-0.1, -0.05) is 0 Å². The number of aryl methyl sites for hydroxylation is 1. The minimum absolute atomic E-state index is 0.222. The van der Waals surface area contributed by atoms with Gasteiger partial charge in [0.25, 0.3) is 15.8 Å². The van der Waals surface area contributed by atoms with Gasteiger partial charge in [0.15, 0.2) is 0 Å². The largest absolute Gasteiger partial charge is 0.398 e. The fourth-order valence-corrected chi connectivity index (χ4v) is 1.74. The summed E-state index contributed by atoms with van der Waals surface area (Å²) in [5.74, 6) is 0. The maximum atomic E-state index is 10.8. The Kier molecular flexibility index (Phi) is 2.65. The zero-order valence-corrected chi connectivity index (χ0v) is 8.48. The number of rotatable bonds is 2. The normalized spacial score (nSPS) is 11.3. The number of nitro groups is 1. The molecular formula is C7H8N2O5S. The summed E-state index contributed by atoms with van der Waals surface area (Å²) in [6.07, 6.45) is 0. The van der Waals surface area contributed by atoms with E-state index >= 15 is 0 Å². The van der Waals surface area contributed by atoms with Gasteiger partial charge >= 0.3 is 0 Å². The topological polar surface area (TPSA) is 124 Å². The Bertz CT molecular complexity index is 522. The van der Waals surface area contributed by atoms with E-state index in [9.17, 15) is 18.5 Å². The van der Waals surface area contributed by atoms with Crippen LogP contribution in [0.2, 0.25) is 0 Å². The van der Waals surface area contributed by atoms with Crippen molar-refractivity contribution in [2.24, 2.45) is 0 Å². The van der Waals surface area contributed by atoms with E-state index < -0.39 is 25.6 Å². The molecule has 0 bridgehead atoms. The molecule has 0 atom stereocenters. The molecule has 0 aromatic heterocycles. The van der Waals surface area contributed by atoms with Gasteiger partial charge in [-0.25, -0.2) is 0 Å². The van der Waals surface area contributed by atoms with E-state index in [0.29, 0.717) is 0 Å². The lowest BCUT2D eigenvalue weighted by Crippen LogP contribution is -2.05. The highest BCUT2D eigenvalue weighted by Crippen LogP contribution is 2.27. The number of anilines is 1. The number of nitro benzene ring substituents is 1. The molecule has 0 aliphatic carbocycles. The first-order valence-electron chi connectivity index (χ1n) is 3.75. The van der Waals surface area contributed by atoms with E-state index in [-0.39, 0.29) is 11.3 Å². The minimum Gasteiger partial charge on any atom is -0.398 e. The van der Waals surface area contributed by atoms with Crippen molar-refractivity contribution < 1.29 is 17.9 Å². The Balaban J connectivity index is 3.58. The maximum absolute atomic E-state index is 10.8. The van der Waals surface area contributed by atoms with Gasteiger partial charge in [0.05, 0.1) is 10.6 Å². The van der Waals surface area contributed by atoms with Crippen molar-refractivity contribution in [1.82, 2.24) is 0 Å². The molecule has 0 aliphatic heterocycles. The molecule has 3 N–H and O–H groups in total. The van der Waals surface area contributed by atoms with Crippen LogP contribution < -0.4 is 5.73 Å². The molecule has 0 fully saturated rings. The van der Waals surface area contributed by atoms with Crippen molar-refractivity contribution in [3.8, 4) is 0 Å². The third-order valence-corrected chi connectivity index (χ3v) is 2.71. The first-order valence-corrected chi connectivity index (χ1v) is 5.19. The number of hydrogen-bond acceptors (Lipinski definition) is 5. The predicted molar refractivity (Wildman–Crippen MR) is 52.1 cm³/mol. The second kappa shape index (κ2) is 3.48. The average molecular weight is 232 g/mol. The van der Waals surface area contributed by atoms with Gasteiger partial charge in [0, 0.05) is 11.6 Å². The highest BCUT2D eigenvalue weighted by molar-refractivity contribution is 7.86. The molecule has 0 spiro atoms. The zero-order valence-electron chi connectivity index (χ0n) is 7.67. The lowest BCUT2D eigenvalue weighted by molar-refractivity contribution is -0.385. The van der Waals surface area contributed by atoms with Gasteiger partial charge in [0.1, 0.15) is 4.90 Å². The van der Waals surface area contributed by atoms with Gasteiger partial charge in [-0.2, -0.15) is 8.42 Å². The average Bonchev–Trinajstić information content (AvgIpc) is 2.00. The molecule has 1 rings (SSSR count). The lowest BCUT2D eigenvalue weighted by atomic mass is 10.2. The van der Waals surface area contributed by atoms with Crippen LogP contribution in [0.3, 0.4) is 0 Å². The van der Waals surface area contributed by atoms with E-state index in [2.05, 4.69) is 0 Å². The first-order chi connectivity index (χ1) is 6.73. The summed E-state index contributed by atoms with van der Waals surface area (Å²) in [5.41, 5.74) is 4.91. The summed E-state index contributed by atoms with van der Waals surface area (Å²) in [7, 11) is -4.54. The molecule has 0 amide bonds. The van der Waals surface area contributed by atoms with Crippen molar-refractivity contribution in [2.45, 2.75) is 11.8 Å². The van der Waals surface area contributed by atoms with Crippen molar-refractivity contribution in [3.63, 3.8) is 0 Å². The number of nitrogens with two attached hydrogens (primary N) is 1. The molecule has 0 unspecified atom stereocenters. The van der Waals surface area contributed by atoms with Crippen LogP contribution in [0.25, 0.3) is 0 Å². The predicted octanol–water partition coefficient (Wildman–Crippen LogP) is 0.732. The van der Waals surface area contributed by atoms with Crippen LogP contribution in [0.4, 0.5) is 11.4 Å². The standard InChI is InChI=1S/C7H8N2O5S/c1-4-2-5(8)7(15(12,13)14)3-6(4)9(10)11/h2-3H,8H2,1H3,(H,12,13,14). The molecule has 15 heavy (non-hydrogen) atoms. The Morgan fingerprint density at radius 3 is 2.40 bits per heavy atom. The molecule has 0 saturated heterocycles. The third kappa shape index (κ3) is 2.22. The molecule has 0 heterocycles. The first kappa shape index (κ1) is 11.4. The van der Waals surface area contributed by atoms with Crippen molar-refractivity contribution >= 4 is 21.5 Å². The van der Waals surface area contributed by atoms with Crippen LogP contribution in [0.5, 0.6) is 0 Å². The van der Waals surface area contributed by atoms with E-state index in [4.69, 9.17) is 10.3 Å². The fraction of sp³-hybridized carbons (Fsp3) is 0.143. The summed E-state index contributed by atoms with van der Waals surface area (Å²) >= 11 is 0. The number of nitrogens with zero attached hydrogens (tertiary/aromatic N) is 1. The molecule has 8 heteroatoms. The van der Waals surface area contributed by atoms with Gasteiger partial charge in [-0.05, 0) is 13.0 Å². The summed E-state index contributed by atoms with van der Waals surface area (Å²) < 4.78 is 30.3. The fourth-order valence-electron chi connectivity index (χ4n) is 1.12. The smallest absolute Gasteiger partial charge is 0.296 e. The number of nitrogen functional groups attached to an aromatic ring is 1. The highest BCUT2D eigenvalue weighted by Gasteiger charge is 2.21. The second-order valence-electron chi connectivity index (χ2n) is 2.91. The van der Waals surface area contributed by atoms with Crippen LogP contribution in [0.15, 0.2) is 17.0 Å². The van der Waals surface area contributed by atoms with Gasteiger partial charge in [0.2, 0.25) is 0 Å². The van der Waals surface area contributed by atoms with E-state index in [0.717, 1.165) is 12.1 Å². The Morgan fingerprint density at radius 1 is 1.47 bits per heavy atom. The van der Waals surface area contributed by atoms with Gasteiger partial charge in [-0.15, -0.1) is 0 Å². The molecule has 0 radical (unpaired) electrons. The van der Waals surface area contributed by atoms with Crippen LogP contribution in [0.1, 0.15) is 5.56 Å². The van der Waals surface area contributed by atoms with Crippen LogP contribution >= 0.6 is 0 Å². The number of benzene rings is 1. The molecule has 0 saturated carbocycles. The summed E-state index contributed by atoms with van der Waals surface area (Å²) in [6, 6.07) is 1.86. The van der Waals surface area contributed by atoms with Crippen LogP contribution in [0, 0.1) is 17.0 Å². The zero-order chi connectivity index (χ0) is 11.8. The molecule has 82 valence electrons. The van der Waals surface area contributed by atoms with Crippen LogP contribution in [-0.4, -0.2) is 17.9 Å². The van der Waals surface area contributed by atoms with E-state index in [1.54, 1.807) is 0 Å². The molecule has 7 nitrogen and oxygen atoms in total. The Morgan fingerprint density at radius 2 is 2.00 bits per heavy atom. The van der Waals surface area contributed by atoms with Gasteiger partial charge in [-0.3, -0.25) is 14.7 Å². The summed E-state index contributed by atoms with van der Waals surface area (Å²) in [5, 5.41) is 10.5. The number of hydrogen-bond donors (Lipinski definition) is 2. The van der Waals surface area contributed by atoms with Crippen LogP contribution in [-0.2, 0) is 10.1 Å².